The van der Waals surface area contributed by atoms with Gasteiger partial charge in [0.05, 0.1) is 19.3 Å². The minimum Gasteiger partial charge on any atom is -0.375 e. The fourth-order valence-electron chi connectivity index (χ4n) is 1.96. The topological polar surface area (TPSA) is 21.3 Å². The highest BCUT2D eigenvalue weighted by molar-refractivity contribution is 5.37. The first kappa shape index (κ1) is 8.73. The van der Waals surface area contributed by atoms with Crippen molar-refractivity contribution in [3.63, 3.8) is 0 Å². The number of likely N-dealkylation sites (N-methyl/N-ethyl adjacent to an activating group) is 1. The molecular weight excluding hydrogens is 162 g/mol. The molecule has 70 valence electrons. The first-order valence-electron chi connectivity index (χ1n) is 4.66. The quantitative estimate of drug-likeness (QED) is 0.706. The second-order valence-corrected chi connectivity index (χ2v) is 3.50. The molecule has 13 heavy (non-hydrogen) atoms. The molecule has 0 aromatic heterocycles. The van der Waals surface area contributed by atoms with Gasteiger partial charge >= 0.3 is 0 Å². The van der Waals surface area contributed by atoms with Crippen LogP contribution in [0.4, 0.5) is 0 Å². The Morgan fingerprint density at radius 2 is 2.31 bits per heavy atom. The SMILES string of the molecule is CN[C@H]1COCc2cccc(C)c21. The summed E-state index contributed by atoms with van der Waals surface area (Å²) >= 11 is 0. The predicted molar refractivity (Wildman–Crippen MR) is 52.6 cm³/mol. The number of aryl methyl sites for hydroxylation is 1. The molecule has 1 aromatic carbocycles. The molecule has 1 aliphatic rings. The van der Waals surface area contributed by atoms with Gasteiger partial charge in [-0.05, 0) is 30.7 Å². The van der Waals surface area contributed by atoms with Crippen LogP contribution in [0.5, 0.6) is 0 Å². The van der Waals surface area contributed by atoms with Gasteiger partial charge in [0.15, 0.2) is 0 Å². The molecule has 1 aliphatic heterocycles. The number of benzene rings is 1. The molecule has 1 N–H and O–H groups in total. The van der Waals surface area contributed by atoms with Crippen LogP contribution in [-0.2, 0) is 11.3 Å². The standard InChI is InChI=1S/C11H15NO/c1-8-4-3-5-9-6-13-7-10(12-2)11(8)9/h3-5,10,12H,6-7H2,1-2H3/t10-/m0/s1. The smallest absolute Gasteiger partial charge is 0.0721 e. The molecule has 2 rings (SSSR count). The molecule has 0 amide bonds. The van der Waals surface area contributed by atoms with Crippen LogP contribution in [0, 0.1) is 6.92 Å². The zero-order chi connectivity index (χ0) is 9.26. The lowest BCUT2D eigenvalue weighted by Crippen LogP contribution is -2.27. The maximum Gasteiger partial charge on any atom is 0.0721 e. The van der Waals surface area contributed by atoms with Crippen LogP contribution < -0.4 is 5.32 Å². The van der Waals surface area contributed by atoms with Gasteiger partial charge < -0.3 is 10.1 Å². The maximum absolute atomic E-state index is 5.49. The van der Waals surface area contributed by atoms with Crippen LogP contribution in [0.2, 0.25) is 0 Å². The van der Waals surface area contributed by atoms with Gasteiger partial charge in [-0.25, -0.2) is 0 Å². The minimum atomic E-state index is 0.366. The summed E-state index contributed by atoms with van der Waals surface area (Å²) in [6.07, 6.45) is 0. The molecule has 0 bridgehead atoms. The summed E-state index contributed by atoms with van der Waals surface area (Å²) in [7, 11) is 1.98. The largest absolute Gasteiger partial charge is 0.375 e. The van der Waals surface area contributed by atoms with Gasteiger partial charge in [-0.2, -0.15) is 0 Å². The van der Waals surface area contributed by atoms with E-state index in [0.717, 1.165) is 13.2 Å². The highest BCUT2D eigenvalue weighted by Gasteiger charge is 2.20. The zero-order valence-corrected chi connectivity index (χ0v) is 8.13. The lowest BCUT2D eigenvalue weighted by Gasteiger charge is -2.26. The Morgan fingerprint density at radius 3 is 3.08 bits per heavy atom. The van der Waals surface area contributed by atoms with Crippen molar-refractivity contribution >= 4 is 0 Å². The zero-order valence-electron chi connectivity index (χ0n) is 8.13. The van der Waals surface area contributed by atoms with Crippen LogP contribution in [0.15, 0.2) is 18.2 Å². The summed E-state index contributed by atoms with van der Waals surface area (Å²) in [6, 6.07) is 6.76. The van der Waals surface area contributed by atoms with E-state index in [2.05, 4.69) is 30.4 Å². The molecular formula is C11H15NO. The van der Waals surface area contributed by atoms with Crippen molar-refractivity contribution in [2.24, 2.45) is 0 Å². The van der Waals surface area contributed by atoms with E-state index in [4.69, 9.17) is 4.74 Å². The van der Waals surface area contributed by atoms with Crippen LogP contribution in [0.25, 0.3) is 0 Å². The van der Waals surface area contributed by atoms with Crippen molar-refractivity contribution in [2.45, 2.75) is 19.6 Å². The molecule has 2 heteroatoms. The van der Waals surface area contributed by atoms with Crippen LogP contribution in [-0.4, -0.2) is 13.7 Å². The molecule has 0 radical (unpaired) electrons. The average molecular weight is 177 g/mol. The fourth-order valence-corrected chi connectivity index (χ4v) is 1.96. The van der Waals surface area contributed by atoms with E-state index in [0.29, 0.717) is 6.04 Å². The van der Waals surface area contributed by atoms with E-state index >= 15 is 0 Å². The lowest BCUT2D eigenvalue weighted by molar-refractivity contribution is 0.0841. The third-order valence-electron chi connectivity index (χ3n) is 2.65. The number of hydrogen-bond acceptors (Lipinski definition) is 2. The Labute approximate surface area is 78.9 Å². The van der Waals surface area contributed by atoms with Crippen LogP contribution in [0.3, 0.4) is 0 Å². The molecule has 1 aromatic rings. The molecule has 0 unspecified atom stereocenters. The van der Waals surface area contributed by atoms with Crippen molar-refractivity contribution in [3.05, 3.63) is 34.9 Å². The molecule has 0 aliphatic carbocycles. The second-order valence-electron chi connectivity index (χ2n) is 3.50. The molecule has 1 heterocycles. The number of fused-ring (bicyclic) bond motifs is 1. The molecule has 0 saturated heterocycles. The van der Waals surface area contributed by atoms with E-state index in [9.17, 15) is 0 Å². The van der Waals surface area contributed by atoms with Gasteiger partial charge in [0.2, 0.25) is 0 Å². The number of hydrogen-bond donors (Lipinski definition) is 1. The van der Waals surface area contributed by atoms with Crippen molar-refractivity contribution in [1.82, 2.24) is 5.32 Å². The molecule has 2 nitrogen and oxygen atoms in total. The Balaban J connectivity index is 2.47. The van der Waals surface area contributed by atoms with Crippen molar-refractivity contribution in [1.29, 1.82) is 0 Å². The summed E-state index contributed by atoms with van der Waals surface area (Å²) in [5.41, 5.74) is 4.11. The Kier molecular flexibility index (Phi) is 2.34. The van der Waals surface area contributed by atoms with Gasteiger partial charge in [-0.1, -0.05) is 18.2 Å². The molecule has 0 fully saturated rings. The van der Waals surface area contributed by atoms with Crippen molar-refractivity contribution in [3.8, 4) is 0 Å². The van der Waals surface area contributed by atoms with Gasteiger partial charge in [0, 0.05) is 0 Å². The predicted octanol–water partition coefficient (Wildman–Crippen LogP) is 1.79. The number of nitrogens with one attached hydrogen (secondary N) is 1. The van der Waals surface area contributed by atoms with Gasteiger partial charge in [0.1, 0.15) is 0 Å². The summed E-state index contributed by atoms with van der Waals surface area (Å²) in [6.45, 7) is 3.71. The number of ether oxygens (including phenoxy) is 1. The lowest BCUT2D eigenvalue weighted by atomic mass is 9.94. The number of rotatable bonds is 1. The summed E-state index contributed by atoms with van der Waals surface area (Å²) < 4.78 is 5.49. The summed E-state index contributed by atoms with van der Waals surface area (Å²) in [4.78, 5) is 0. The van der Waals surface area contributed by atoms with Crippen LogP contribution >= 0.6 is 0 Å². The van der Waals surface area contributed by atoms with Gasteiger partial charge in [0.25, 0.3) is 0 Å². The summed E-state index contributed by atoms with van der Waals surface area (Å²) in [5, 5.41) is 3.28. The molecule has 1 atom stereocenters. The van der Waals surface area contributed by atoms with Gasteiger partial charge in [-0.15, -0.1) is 0 Å². The first-order chi connectivity index (χ1) is 6.33. The Morgan fingerprint density at radius 1 is 1.46 bits per heavy atom. The fraction of sp³-hybridized carbons (Fsp3) is 0.455. The van der Waals surface area contributed by atoms with Crippen LogP contribution in [0.1, 0.15) is 22.7 Å². The van der Waals surface area contributed by atoms with Gasteiger partial charge in [-0.3, -0.25) is 0 Å². The van der Waals surface area contributed by atoms with E-state index in [1.807, 2.05) is 7.05 Å². The Hall–Kier alpha value is -0.860. The molecule has 0 spiro atoms. The highest BCUT2D eigenvalue weighted by Crippen LogP contribution is 2.27. The third-order valence-corrected chi connectivity index (χ3v) is 2.65. The van der Waals surface area contributed by atoms with E-state index in [-0.39, 0.29) is 0 Å². The minimum absolute atomic E-state index is 0.366. The second kappa shape index (κ2) is 3.48. The van der Waals surface area contributed by atoms with E-state index < -0.39 is 0 Å². The monoisotopic (exact) mass is 177 g/mol. The van der Waals surface area contributed by atoms with Crippen molar-refractivity contribution < 1.29 is 4.74 Å². The van der Waals surface area contributed by atoms with E-state index in [1.165, 1.54) is 16.7 Å². The summed E-state index contributed by atoms with van der Waals surface area (Å²) in [5.74, 6) is 0. The normalized spacial score (nSPS) is 21.2. The maximum atomic E-state index is 5.49. The highest BCUT2D eigenvalue weighted by atomic mass is 16.5. The first-order valence-corrected chi connectivity index (χ1v) is 4.66. The molecule has 0 saturated carbocycles. The Bertz CT molecular complexity index is 309. The average Bonchev–Trinajstić information content (AvgIpc) is 2.17. The third kappa shape index (κ3) is 1.47. The van der Waals surface area contributed by atoms with Crippen molar-refractivity contribution in [2.75, 3.05) is 13.7 Å². The van der Waals surface area contributed by atoms with E-state index in [1.54, 1.807) is 0 Å².